The van der Waals surface area contributed by atoms with Crippen LogP contribution in [0.1, 0.15) is 15.9 Å². The minimum atomic E-state index is -0.685. The van der Waals surface area contributed by atoms with E-state index >= 15 is 0 Å². The number of amides is 1. The summed E-state index contributed by atoms with van der Waals surface area (Å²) in [6.45, 7) is 3.71. The van der Waals surface area contributed by atoms with Gasteiger partial charge < -0.3 is 9.73 Å². The van der Waals surface area contributed by atoms with Crippen LogP contribution in [0.25, 0.3) is 11.0 Å². The van der Waals surface area contributed by atoms with E-state index in [4.69, 9.17) is 4.42 Å². The highest BCUT2D eigenvalue weighted by molar-refractivity contribution is 6.05. The van der Waals surface area contributed by atoms with E-state index in [1.807, 2.05) is 42.5 Å². The molecule has 1 amide bonds. The van der Waals surface area contributed by atoms with Crippen LogP contribution in [-0.4, -0.2) is 5.91 Å². The Hall–Kier alpha value is -4.32. The third-order valence-electron chi connectivity index (χ3n) is 4.61. The van der Waals surface area contributed by atoms with Gasteiger partial charge in [0, 0.05) is 11.1 Å². The molecule has 4 rings (SSSR count). The molecular weight excluding hydrogens is 390 g/mol. The number of carbonyl (C=O) groups excluding carboxylic acids is 1. The van der Waals surface area contributed by atoms with Gasteiger partial charge in [-0.3, -0.25) is 4.79 Å². The van der Waals surface area contributed by atoms with Gasteiger partial charge in [-0.15, -0.1) is 6.58 Å². The van der Waals surface area contributed by atoms with Crippen LogP contribution in [-0.2, 0) is 6.42 Å². The lowest BCUT2D eigenvalue weighted by Gasteiger charge is -2.07. The molecule has 0 saturated heterocycles. The van der Waals surface area contributed by atoms with Crippen LogP contribution in [0.3, 0.4) is 0 Å². The summed E-state index contributed by atoms with van der Waals surface area (Å²) in [4.78, 5) is 25.1. The highest BCUT2D eigenvalue weighted by Gasteiger charge is 2.15. The average molecular weight is 409 g/mol. The van der Waals surface area contributed by atoms with Crippen molar-refractivity contribution in [1.82, 2.24) is 0 Å². The molecule has 0 bridgehead atoms. The zero-order chi connectivity index (χ0) is 21.6. The van der Waals surface area contributed by atoms with E-state index in [0.29, 0.717) is 28.8 Å². The highest BCUT2D eigenvalue weighted by Crippen LogP contribution is 2.22. The molecule has 31 heavy (non-hydrogen) atoms. The Morgan fingerprint density at radius 3 is 2.35 bits per heavy atom. The van der Waals surface area contributed by atoms with Crippen molar-refractivity contribution in [3.63, 3.8) is 0 Å². The maximum absolute atomic E-state index is 12.7. The van der Waals surface area contributed by atoms with E-state index in [0.717, 1.165) is 11.3 Å². The molecule has 0 aliphatic rings. The number of allylic oxidation sites excluding steroid dienone is 1. The first-order valence-electron chi connectivity index (χ1n) is 9.69. The molecule has 1 aromatic heterocycles. The van der Waals surface area contributed by atoms with E-state index in [2.05, 4.69) is 22.1 Å². The first-order valence-corrected chi connectivity index (χ1v) is 9.69. The van der Waals surface area contributed by atoms with Gasteiger partial charge >= 0.3 is 5.63 Å². The van der Waals surface area contributed by atoms with Crippen molar-refractivity contribution in [2.75, 3.05) is 5.32 Å². The number of benzene rings is 3. The Morgan fingerprint density at radius 1 is 0.935 bits per heavy atom. The van der Waals surface area contributed by atoms with E-state index < -0.39 is 11.5 Å². The fourth-order valence-electron chi connectivity index (χ4n) is 3.10. The van der Waals surface area contributed by atoms with Crippen molar-refractivity contribution in [3.8, 4) is 0 Å². The van der Waals surface area contributed by atoms with Gasteiger partial charge in [-0.05, 0) is 54.4 Å². The lowest BCUT2D eigenvalue weighted by molar-refractivity contribution is 0.102. The molecule has 0 unspecified atom stereocenters. The number of hydrogen-bond donors (Lipinski definition) is 1. The van der Waals surface area contributed by atoms with Crippen LogP contribution in [0.2, 0.25) is 0 Å². The second kappa shape index (κ2) is 9.00. The van der Waals surface area contributed by atoms with Gasteiger partial charge in [0.05, 0.1) is 11.4 Å². The number of nitrogens with one attached hydrogen (secondary N) is 1. The molecule has 152 valence electrons. The molecular formula is C25H19N3O3. The van der Waals surface area contributed by atoms with E-state index in [9.17, 15) is 9.59 Å². The molecule has 0 radical (unpaired) electrons. The second-order valence-electron chi connectivity index (χ2n) is 6.81. The van der Waals surface area contributed by atoms with Crippen LogP contribution in [0.5, 0.6) is 0 Å². The van der Waals surface area contributed by atoms with Gasteiger partial charge in [0.1, 0.15) is 11.1 Å². The minimum absolute atomic E-state index is 0.0592. The molecule has 1 N–H and O–H groups in total. The lowest BCUT2D eigenvalue weighted by atomic mass is 10.1. The van der Waals surface area contributed by atoms with Crippen molar-refractivity contribution in [1.29, 1.82) is 0 Å². The highest BCUT2D eigenvalue weighted by atomic mass is 16.4. The quantitative estimate of drug-likeness (QED) is 0.234. The van der Waals surface area contributed by atoms with E-state index in [1.165, 1.54) is 0 Å². The van der Waals surface area contributed by atoms with Crippen molar-refractivity contribution >= 4 is 33.9 Å². The summed E-state index contributed by atoms with van der Waals surface area (Å²) in [6, 6.07) is 23.3. The number of para-hydroxylation sites is 1. The van der Waals surface area contributed by atoms with E-state index in [-0.39, 0.29) is 5.56 Å². The topological polar surface area (TPSA) is 84.0 Å². The van der Waals surface area contributed by atoms with Gasteiger partial charge in [-0.1, -0.05) is 42.5 Å². The van der Waals surface area contributed by atoms with Crippen molar-refractivity contribution in [2.45, 2.75) is 6.42 Å². The molecule has 0 fully saturated rings. The molecule has 6 heteroatoms. The summed E-state index contributed by atoms with van der Waals surface area (Å²) in [6.07, 6.45) is 2.30. The Morgan fingerprint density at radius 2 is 1.65 bits per heavy atom. The monoisotopic (exact) mass is 409 g/mol. The molecule has 6 nitrogen and oxygen atoms in total. The summed E-state index contributed by atoms with van der Waals surface area (Å²) in [5.74, 6) is -0.538. The van der Waals surface area contributed by atoms with Crippen molar-refractivity contribution in [2.24, 2.45) is 10.2 Å². The fraction of sp³-hybridized carbons (Fsp3) is 0.0400. The number of nitrogens with zero attached hydrogens (tertiary/aromatic N) is 2. The van der Waals surface area contributed by atoms with Crippen LogP contribution in [0, 0.1) is 0 Å². The first-order chi connectivity index (χ1) is 15.1. The molecule has 1 heterocycles. The van der Waals surface area contributed by atoms with Crippen LogP contribution < -0.4 is 10.9 Å². The lowest BCUT2D eigenvalue weighted by Crippen LogP contribution is -2.20. The molecule has 3 aromatic carbocycles. The van der Waals surface area contributed by atoms with Crippen LogP contribution >= 0.6 is 0 Å². The predicted octanol–water partition coefficient (Wildman–Crippen LogP) is 6.19. The summed E-state index contributed by atoms with van der Waals surface area (Å²) in [5, 5.41) is 11.7. The maximum atomic E-state index is 12.7. The predicted molar refractivity (Wildman–Crippen MR) is 121 cm³/mol. The number of azo groups is 1. The number of rotatable bonds is 6. The molecule has 0 saturated carbocycles. The normalized spacial score (nSPS) is 11.0. The maximum Gasteiger partial charge on any atom is 0.349 e. The molecule has 0 aliphatic carbocycles. The number of anilines is 1. The van der Waals surface area contributed by atoms with Gasteiger partial charge in [0.15, 0.2) is 0 Å². The zero-order valence-electron chi connectivity index (χ0n) is 16.6. The van der Waals surface area contributed by atoms with Crippen molar-refractivity contribution < 1.29 is 9.21 Å². The Balaban J connectivity index is 1.52. The third kappa shape index (κ3) is 4.64. The van der Waals surface area contributed by atoms with E-state index in [1.54, 1.807) is 42.5 Å². The standard InChI is InChI=1S/C25H19N3O3/c1-2-7-17-8-6-9-18-16-22(25(30)31-23(17)18)24(29)26-19-12-14-21(15-13-19)28-27-20-10-4-3-5-11-20/h2-6,8-16H,1,7H2,(H,26,29). The van der Waals surface area contributed by atoms with Gasteiger partial charge in [0.2, 0.25) is 0 Å². The summed E-state index contributed by atoms with van der Waals surface area (Å²) < 4.78 is 5.44. The minimum Gasteiger partial charge on any atom is -0.422 e. The Bertz CT molecular complexity index is 1320. The summed E-state index contributed by atoms with van der Waals surface area (Å²) in [7, 11) is 0. The van der Waals surface area contributed by atoms with Crippen LogP contribution in [0.4, 0.5) is 17.1 Å². The molecule has 4 aromatic rings. The zero-order valence-corrected chi connectivity index (χ0v) is 16.6. The average Bonchev–Trinajstić information content (AvgIpc) is 2.79. The summed E-state index contributed by atoms with van der Waals surface area (Å²) >= 11 is 0. The largest absolute Gasteiger partial charge is 0.422 e. The Kier molecular flexibility index (Phi) is 5.80. The number of hydrogen-bond acceptors (Lipinski definition) is 5. The van der Waals surface area contributed by atoms with Gasteiger partial charge in [-0.25, -0.2) is 4.79 Å². The van der Waals surface area contributed by atoms with Gasteiger partial charge in [-0.2, -0.15) is 10.2 Å². The summed E-state index contributed by atoms with van der Waals surface area (Å²) in [5.41, 5.74) is 2.49. The molecule has 0 spiro atoms. The van der Waals surface area contributed by atoms with Gasteiger partial charge in [0.25, 0.3) is 5.91 Å². The second-order valence-corrected chi connectivity index (χ2v) is 6.81. The number of fused-ring (bicyclic) bond motifs is 1. The molecule has 0 atom stereocenters. The van der Waals surface area contributed by atoms with Crippen molar-refractivity contribution in [3.05, 3.63) is 113 Å². The van der Waals surface area contributed by atoms with Crippen LogP contribution in [0.15, 0.2) is 111 Å². The smallest absolute Gasteiger partial charge is 0.349 e. The first kappa shape index (κ1) is 20.0. The number of carbonyl (C=O) groups is 1. The SMILES string of the molecule is C=CCc1cccc2cc(C(=O)Nc3ccc(N=Nc4ccccc4)cc3)c(=O)oc12. The fourth-order valence-corrected chi connectivity index (χ4v) is 3.10. The Labute approximate surface area is 178 Å². The molecule has 0 aliphatic heterocycles. The third-order valence-corrected chi connectivity index (χ3v) is 4.61.